The molecule has 0 aromatic rings. The predicted octanol–water partition coefficient (Wildman–Crippen LogP) is 1.93. The summed E-state index contributed by atoms with van der Waals surface area (Å²) in [4.78, 5) is 0. The molecule has 2 nitrogen and oxygen atoms in total. The molecule has 0 amide bonds. The van der Waals surface area contributed by atoms with Crippen molar-refractivity contribution in [2.45, 2.75) is 58.0 Å². The lowest BCUT2D eigenvalue weighted by Gasteiger charge is -2.30. The van der Waals surface area contributed by atoms with Crippen molar-refractivity contribution >= 4 is 0 Å². The lowest BCUT2D eigenvalue weighted by Crippen LogP contribution is -2.39. The average Bonchev–Trinajstić information content (AvgIpc) is 2.04. The first-order valence-corrected chi connectivity index (χ1v) is 5.59. The van der Waals surface area contributed by atoms with E-state index >= 15 is 0 Å². The van der Waals surface area contributed by atoms with Crippen LogP contribution < -0.4 is 5.32 Å². The summed E-state index contributed by atoms with van der Waals surface area (Å²) >= 11 is 0. The Bertz CT molecular complexity index is 138. The van der Waals surface area contributed by atoms with Gasteiger partial charge in [-0.1, -0.05) is 19.8 Å². The summed E-state index contributed by atoms with van der Waals surface area (Å²) in [5, 5.41) is 12.4. The van der Waals surface area contributed by atoms with Gasteiger partial charge >= 0.3 is 0 Å². The van der Waals surface area contributed by atoms with E-state index < -0.39 is 0 Å². The molecular weight excluding hydrogens is 162 g/mol. The maximum atomic E-state index is 8.78. The summed E-state index contributed by atoms with van der Waals surface area (Å²) in [6.45, 7) is 4.80. The second kappa shape index (κ2) is 5.61. The first-order valence-electron chi connectivity index (χ1n) is 5.59. The number of hydrogen-bond acceptors (Lipinski definition) is 2. The van der Waals surface area contributed by atoms with Crippen molar-refractivity contribution in [3.63, 3.8) is 0 Å². The third kappa shape index (κ3) is 4.10. The molecule has 1 fully saturated rings. The zero-order chi connectivity index (χ0) is 9.68. The van der Waals surface area contributed by atoms with Gasteiger partial charge in [0, 0.05) is 18.7 Å². The van der Waals surface area contributed by atoms with Crippen molar-refractivity contribution in [2.24, 2.45) is 5.92 Å². The predicted molar refractivity (Wildman–Crippen MR) is 55.7 cm³/mol. The van der Waals surface area contributed by atoms with Crippen molar-refractivity contribution in [3.05, 3.63) is 0 Å². The van der Waals surface area contributed by atoms with Gasteiger partial charge in [-0.05, 0) is 32.1 Å². The van der Waals surface area contributed by atoms with Crippen LogP contribution in [-0.4, -0.2) is 23.8 Å². The molecule has 0 aliphatic heterocycles. The van der Waals surface area contributed by atoms with Gasteiger partial charge in [-0.15, -0.1) is 0 Å². The summed E-state index contributed by atoms with van der Waals surface area (Å²) < 4.78 is 0. The molecule has 1 aliphatic carbocycles. The smallest absolute Gasteiger partial charge is 0.0445 e. The third-order valence-electron chi connectivity index (χ3n) is 3.02. The van der Waals surface area contributed by atoms with Crippen molar-refractivity contribution < 1.29 is 5.11 Å². The molecule has 1 rings (SSSR count). The Morgan fingerprint density at radius 2 is 2.23 bits per heavy atom. The number of nitrogens with one attached hydrogen (secondary N) is 1. The summed E-state index contributed by atoms with van der Waals surface area (Å²) in [6, 6.07) is 1.17. The zero-order valence-corrected chi connectivity index (χ0v) is 8.92. The molecule has 0 radical (unpaired) electrons. The van der Waals surface area contributed by atoms with Gasteiger partial charge in [-0.25, -0.2) is 0 Å². The van der Waals surface area contributed by atoms with Crippen LogP contribution in [0, 0.1) is 5.92 Å². The van der Waals surface area contributed by atoms with E-state index in [1.165, 1.54) is 25.7 Å². The second-order valence-corrected chi connectivity index (χ2v) is 4.55. The molecule has 13 heavy (non-hydrogen) atoms. The van der Waals surface area contributed by atoms with Crippen LogP contribution in [-0.2, 0) is 0 Å². The minimum Gasteiger partial charge on any atom is -0.396 e. The fourth-order valence-electron chi connectivity index (χ4n) is 2.26. The summed E-state index contributed by atoms with van der Waals surface area (Å²) in [5.41, 5.74) is 0. The van der Waals surface area contributed by atoms with Crippen LogP contribution in [0.3, 0.4) is 0 Å². The van der Waals surface area contributed by atoms with Crippen LogP contribution in [0.15, 0.2) is 0 Å². The maximum Gasteiger partial charge on any atom is 0.0445 e. The molecule has 1 saturated carbocycles. The monoisotopic (exact) mass is 185 g/mol. The van der Waals surface area contributed by atoms with E-state index in [1.54, 1.807) is 0 Å². The fraction of sp³-hybridized carbons (Fsp3) is 1.00. The van der Waals surface area contributed by atoms with E-state index in [4.69, 9.17) is 5.11 Å². The van der Waals surface area contributed by atoms with Gasteiger partial charge in [0.2, 0.25) is 0 Å². The molecule has 2 heteroatoms. The van der Waals surface area contributed by atoms with E-state index in [0.29, 0.717) is 18.7 Å². The Morgan fingerprint density at radius 1 is 1.46 bits per heavy atom. The molecular formula is C11H23NO. The van der Waals surface area contributed by atoms with E-state index in [9.17, 15) is 0 Å². The molecule has 78 valence electrons. The highest BCUT2D eigenvalue weighted by atomic mass is 16.3. The van der Waals surface area contributed by atoms with E-state index in [-0.39, 0.29) is 0 Å². The zero-order valence-electron chi connectivity index (χ0n) is 8.92. The van der Waals surface area contributed by atoms with Gasteiger partial charge in [0.15, 0.2) is 0 Å². The molecule has 0 heterocycles. The van der Waals surface area contributed by atoms with Crippen molar-refractivity contribution in [3.8, 4) is 0 Å². The molecule has 2 N–H and O–H groups in total. The molecule has 0 bridgehead atoms. The molecule has 3 unspecified atom stereocenters. The highest BCUT2D eigenvalue weighted by molar-refractivity contribution is 4.78. The number of hydrogen-bond donors (Lipinski definition) is 2. The molecule has 0 aromatic carbocycles. The summed E-state index contributed by atoms with van der Waals surface area (Å²) in [7, 11) is 0. The fourth-order valence-corrected chi connectivity index (χ4v) is 2.26. The van der Waals surface area contributed by atoms with Gasteiger partial charge in [0.05, 0.1) is 0 Å². The van der Waals surface area contributed by atoms with Gasteiger partial charge < -0.3 is 10.4 Å². The van der Waals surface area contributed by atoms with Gasteiger partial charge in [-0.3, -0.25) is 0 Å². The van der Waals surface area contributed by atoms with Crippen LogP contribution >= 0.6 is 0 Å². The molecule has 3 atom stereocenters. The normalized spacial score (nSPS) is 31.6. The third-order valence-corrected chi connectivity index (χ3v) is 3.02. The summed E-state index contributed by atoms with van der Waals surface area (Å²) in [6.07, 6.45) is 6.28. The minimum absolute atomic E-state index is 0.302. The van der Waals surface area contributed by atoms with Crippen molar-refractivity contribution in [1.29, 1.82) is 0 Å². The largest absolute Gasteiger partial charge is 0.396 e. The number of rotatable bonds is 4. The Labute approximate surface area is 81.7 Å². The SMILES string of the molecule is CC1CCCC(NC(C)CCO)C1. The maximum absolute atomic E-state index is 8.78. The number of aliphatic hydroxyl groups is 1. The Balaban J connectivity index is 2.19. The lowest BCUT2D eigenvalue weighted by atomic mass is 9.87. The molecule has 0 aromatic heterocycles. The van der Waals surface area contributed by atoms with Crippen LogP contribution in [0.2, 0.25) is 0 Å². The average molecular weight is 185 g/mol. The Hall–Kier alpha value is -0.0800. The van der Waals surface area contributed by atoms with Gasteiger partial charge in [-0.2, -0.15) is 0 Å². The van der Waals surface area contributed by atoms with Gasteiger partial charge in [0.25, 0.3) is 0 Å². The Kier molecular flexibility index (Phi) is 4.74. The number of aliphatic hydroxyl groups excluding tert-OH is 1. The topological polar surface area (TPSA) is 32.3 Å². The van der Waals surface area contributed by atoms with Crippen LogP contribution in [0.1, 0.15) is 46.0 Å². The van der Waals surface area contributed by atoms with E-state index in [2.05, 4.69) is 19.2 Å². The molecule has 0 saturated heterocycles. The summed E-state index contributed by atoms with van der Waals surface area (Å²) in [5.74, 6) is 0.882. The van der Waals surface area contributed by atoms with Crippen LogP contribution in [0.5, 0.6) is 0 Å². The highest BCUT2D eigenvalue weighted by Gasteiger charge is 2.19. The Morgan fingerprint density at radius 3 is 2.85 bits per heavy atom. The lowest BCUT2D eigenvalue weighted by molar-refractivity contribution is 0.240. The quantitative estimate of drug-likeness (QED) is 0.701. The van der Waals surface area contributed by atoms with E-state index in [1.807, 2.05) is 0 Å². The van der Waals surface area contributed by atoms with E-state index in [0.717, 1.165) is 12.3 Å². The first kappa shape index (κ1) is 11.0. The molecule has 1 aliphatic rings. The first-order chi connectivity index (χ1) is 6.22. The minimum atomic E-state index is 0.302. The van der Waals surface area contributed by atoms with Crippen LogP contribution in [0.25, 0.3) is 0 Å². The van der Waals surface area contributed by atoms with Crippen molar-refractivity contribution in [2.75, 3.05) is 6.61 Å². The van der Waals surface area contributed by atoms with Crippen molar-refractivity contribution in [1.82, 2.24) is 5.32 Å². The molecule has 0 spiro atoms. The van der Waals surface area contributed by atoms with Crippen LogP contribution in [0.4, 0.5) is 0 Å². The second-order valence-electron chi connectivity index (χ2n) is 4.55. The van der Waals surface area contributed by atoms with Gasteiger partial charge in [0.1, 0.15) is 0 Å². The standard InChI is InChI=1S/C11H23NO/c1-9-4-3-5-11(8-9)12-10(2)6-7-13/h9-13H,3-8H2,1-2H3. The highest BCUT2D eigenvalue weighted by Crippen LogP contribution is 2.23.